The maximum Gasteiger partial charge on any atom is 0.242 e. The minimum Gasteiger partial charge on any atom is -0.544 e. The molecule has 21 heavy (non-hydrogen) atoms. The highest BCUT2D eigenvalue weighted by Gasteiger charge is 2.36. The van der Waals surface area contributed by atoms with Gasteiger partial charge in [0, 0.05) is 12.0 Å². The Morgan fingerprint density at radius 2 is 1.95 bits per heavy atom. The molecular weight excluding hydrogens is 276 g/mol. The summed E-state index contributed by atoms with van der Waals surface area (Å²) in [6.45, 7) is 18.8. The molecule has 1 aliphatic carbocycles. The van der Waals surface area contributed by atoms with Gasteiger partial charge in [0.15, 0.2) is 5.78 Å². The quantitative estimate of drug-likeness (QED) is 0.394. The molecule has 1 atom stereocenters. The second-order valence-electron chi connectivity index (χ2n) is 7.65. The summed E-state index contributed by atoms with van der Waals surface area (Å²) in [6, 6.07) is 0. The van der Waals surface area contributed by atoms with Crippen molar-refractivity contribution in [1.29, 1.82) is 0 Å². The van der Waals surface area contributed by atoms with Crippen LogP contribution in [0.1, 0.15) is 40.5 Å². The first-order valence-electron chi connectivity index (χ1n) is 7.76. The Balaban J connectivity index is 3.42. The van der Waals surface area contributed by atoms with E-state index in [4.69, 9.17) is 4.43 Å². The molecule has 118 valence electrons. The Bertz CT molecular complexity index is 490. The van der Waals surface area contributed by atoms with Gasteiger partial charge in [-0.1, -0.05) is 26.8 Å². The molecule has 0 heterocycles. The number of rotatable bonds is 5. The summed E-state index contributed by atoms with van der Waals surface area (Å²) in [5.41, 5.74) is 1.94. The molecule has 0 bridgehead atoms. The summed E-state index contributed by atoms with van der Waals surface area (Å²) in [5, 5.41) is 0. The maximum absolute atomic E-state index is 12.2. The molecule has 0 saturated carbocycles. The van der Waals surface area contributed by atoms with Crippen LogP contribution in [0.2, 0.25) is 19.6 Å². The molecule has 0 fully saturated rings. The molecular formula is C18H30O2Si. The third-order valence-electron chi connectivity index (χ3n) is 3.90. The predicted octanol–water partition coefficient (Wildman–Crippen LogP) is 5.25. The minimum absolute atomic E-state index is 0.0234. The number of hydrogen-bond donors (Lipinski definition) is 0. The highest BCUT2D eigenvalue weighted by atomic mass is 28.4. The van der Waals surface area contributed by atoms with Crippen LogP contribution in [-0.4, -0.2) is 14.1 Å². The molecule has 1 rings (SSSR count). The Morgan fingerprint density at radius 3 is 2.43 bits per heavy atom. The molecule has 1 aliphatic rings. The molecule has 2 nitrogen and oxygen atoms in total. The fourth-order valence-electron chi connectivity index (χ4n) is 2.71. The minimum atomic E-state index is -1.75. The van der Waals surface area contributed by atoms with E-state index in [1.165, 1.54) is 0 Å². The zero-order valence-electron chi connectivity index (χ0n) is 14.7. The SMILES string of the molecule is C=CC(C)C=C(O[Si](C)(C)C)C1=C(C)C(=O)CCC1(C)C. The zero-order valence-corrected chi connectivity index (χ0v) is 15.7. The van der Waals surface area contributed by atoms with Gasteiger partial charge >= 0.3 is 0 Å². The fraction of sp³-hybridized carbons (Fsp3) is 0.611. The first kappa shape index (κ1) is 18.0. The number of carbonyl (C=O) groups excluding carboxylic acids is 1. The van der Waals surface area contributed by atoms with Gasteiger partial charge in [-0.2, -0.15) is 0 Å². The highest BCUT2D eigenvalue weighted by Crippen LogP contribution is 2.43. The molecule has 1 unspecified atom stereocenters. The van der Waals surface area contributed by atoms with Gasteiger partial charge < -0.3 is 4.43 Å². The van der Waals surface area contributed by atoms with Crippen LogP contribution in [0.4, 0.5) is 0 Å². The Labute approximate surface area is 131 Å². The van der Waals surface area contributed by atoms with E-state index in [0.717, 1.165) is 23.3 Å². The topological polar surface area (TPSA) is 26.3 Å². The third-order valence-corrected chi connectivity index (χ3v) is 4.73. The molecule has 0 aromatic rings. The summed E-state index contributed by atoms with van der Waals surface area (Å²) in [5.74, 6) is 1.38. The van der Waals surface area contributed by atoms with Crippen LogP contribution in [-0.2, 0) is 9.22 Å². The first-order chi connectivity index (χ1) is 9.48. The number of ketones is 1. The summed E-state index contributed by atoms with van der Waals surface area (Å²) in [7, 11) is -1.75. The van der Waals surface area contributed by atoms with Crippen molar-refractivity contribution >= 4 is 14.1 Å². The molecule has 0 aromatic heterocycles. The van der Waals surface area contributed by atoms with Crippen molar-refractivity contribution < 1.29 is 9.22 Å². The van der Waals surface area contributed by atoms with E-state index in [1.807, 2.05) is 13.0 Å². The van der Waals surface area contributed by atoms with E-state index in [0.29, 0.717) is 6.42 Å². The van der Waals surface area contributed by atoms with Gasteiger partial charge in [0.05, 0.1) is 0 Å². The van der Waals surface area contributed by atoms with Crippen LogP contribution in [0.3, 0.4) is 0 Å². The first-order valence-corrected chi connectivity index (χ1v) is 11.2. The average Bonchev–Trinajstić information content (AvgIpc) is 2.32. The number of allylic oxidation sites excluding steroid dienone is 4. The van der Waals surface area contributed by atoms with Crippen LogP contribution < -0.4 is 0 Å². The normalized spacial score (nSPS) is 21.3. The van der Waals surface area contributed by atoms with Crippen LogP contribution in [0, 0.1) is 11.3 Å². The van der Waals surface area contributed by atoms with Crippen LogP contribution in [0.25, 0.3) is 0 Å². The predicted molar refractivity (Wildman–Crippen MR) is 92.6 cm³/mol. The van der Waals surface area contributed by atoms with E-state index in [-0.39, 0.29) is 17.1 Å². The van der Waals surface area contributed by atoms with Gasteiger partial charge in [0.1, 0.15) is 5.76 Å². The summed E-state index contributed by atoms with van der Waals surface area (Å²) < 4.78 is 6.35. The summed E-state index contributed by atoms with van der Waals surface area (Å²) >= 11 is 0. The van der Waals surface area contributed by atoms with Crippen molar-refractivity contribution in [2.45, 2.75) is 60.2 Å². The summed E-state index contributed by atoms with van der Waals surface area (Å²) in [6.07, 6.45) is 5.54. The lowest BCUT2D eigenvalue weighted by atomic mass is 9.71. The Morgan fingerprint density at radius 1 is 1.38 bits per heavy atom. The lowest BCUT2D eigenvalue weighted by molar-refractivity contribution is -0.116. The highest BCUT2D eigenvalue weighted by molar-refractivity contribution is 6.70. The monoisotopic (exact) mass is 306 g/mol. The van der Waals surface area contributed by atoms with E-state index >= 15 is 0 Å². The molecule has 3 heteroatoms. The van der Waals surface area contributed by atoms with Crippen LogP contribution in [0.5, 0.6) is 0 Å². The van der Waals surface area contributed by atoms with E-state index in [9.17, 15) is 4.79 Å². The zero-order chi connectivity index (χ0) is 16.4. The molecule has 0 aliphatic heterocycles. The summed E-state index contributed by atoms with van der Waals surface area (Å²) in [4.78, 5) is 12.2. The van der Waals surface area contributed by atoms with Crippen molar-refractivity contribution in [3.63, 3.8) is 0 Å². The number of hydrogen-bond acceptors (Lipinski definition) is 2. The van der Waals surface area contributed by atoms with Crippen molar-refractivity contribution in [1.82, 2.24) is 0 Å². The molecule has 0 radical (unpaired) electrons. The lowest BCUT2D eigenvalue weighted by Crippen LogP contribution is -2.32. The largest absolute Gasteiger partial charge is 0.544 e. The number of Topliss-reactive ketones (excluding diaryl/α,β-unsaturated/α-hetero) is 1. The van der Waals surface area contributed by atoms with Crippen molar-refractivity contribution in [3.8, 4) is 0 Å². The van der Waals surface area contributed by atoms with Gasteiger partial charge in [-0.05, 0) is 56.0 Å². The van der Waals surface area contributed by atoms with Crippen LogP contribution >= 0.6 is 0 Å². The van der Waals surface area contributed by atoms with Crippen molar-refractivity contribution in [2.75, 3.05) is 0 Å². The lowest BCUT2D eigenvalue weighted by Gasteiger charge is -2.37. The average molecular weight is 307 g/mol. The standard InChI is InChI=1S/C18H30O2Si/c1-9-13(2)12-16(20-21(6,7)8)17-14(3)15(19)10-11-18(17,4)5/h9,12-13H,1,10-11H2,2-8H3. The van der Waals surface area contributed by atoms with E-state index < -0.39 is 8.32 Å². The van der Waals surface area contributed by atoms with E-state index in [1.54, 1.807) is 0 Å². The molecule has 0 N–H and O–H groups in total. The van der Waals surface area contributed by atoms with Gasteiger partial charge in [-0.15, -0.1) is 6.58 Å². The molecule has 0 aromatic carbocycles. The second-order valence-corrected chi connectivity index (χ2v) is 12.1. The van der Waals surface area contributed by atoms with Crippen LogP contribution in [0.15, 0.2) is 35.6 Å². The second kappa shape index (κ2) is 6.35. The molecule has 0 amide bonds. The third kappa shape index (κ3) is 4.70. The molecule has 0 spiro atoms. The Kier molecular flexibility index (Phi) is 5.43. The van der Waals surface area contributed by atoms with Gasteiger partial charge in [-0.25, -0.2) is 0 Å². The van der Waals surface area contributed by atoms with Gasteiger partial charge in [0.2, 0.25) is 8.32 Å². The number of carbonyl (C=O) groups is 1. The van der Waals surface area contributed by atoms with Crippen molar-refractivity contribution in [2.24, 2.45) is 11.3 Å². The smallest absolute Gasteiger partial charge is 0.242 e. The maximum atomic E-state index is 12.2. The van der Waals surface area contributed by atoms with E-state index in [2.05, 4.69) is 53.1 Å². The fourth-order valence-corrected chi connectivity index (χ4v) is 3.54. The Hall–Kier alpha value is -1.09. The van der Waals surface area contributed by atoms with Gasteiger partial charge in [0.25, 0.3) is 0 Å². The molecule has 0 saturated heterocycles. The van der Waals surface area contributed by atoms with Gasteiger partial charge in [-0.3, -0.25) is 4.79 Å². The van der Waals surface area contributed by atoms with Crippen molar-refractivity contribution in [3.05, 3.63) is 35.6 Å².